The lowest BCUT2D eigenvalue weighted by atomic mass is 9.94. The number of nitrogens with one attached hydrogen (secondary N) is 2. The van der Waals surface area contributed by atoms with Crippen molar-refractivity contribution < 1.29 is 28.3 Å². The Morgan fingerprint density at radius 1 is 1.04 bits per heavy atom. The highest BCUT2D eigenvalue weighted by Gasteiger charge is 2.37. The summed E-state index contributed by atoms with van der Waals surface area (Å²) in [6.45, 7) is 3.06. The first-order chi connectivity index (χ1) is 21.9. The molecule has 0 aliphatic carbocycles. The molecule has 4 aromatic rings. The Morgan fingerprint density at radius 2 is 1.89 bits per heavy atom. The molecule has 2 aliphatic rings. The minimum atomic E-state index is -0.533. The second kappa shape index (κ2) is 13.3. The minimum absolute atomic E-state index is 0.00628. The smallest absolute Gasteiger partial charge is 0.290 e. The van der Waals surface area contributed by atoms with Gasteiger partial charge in [0.05, 0.1) is 43.2 Å². The molecule has 1 aromatic carbocycles. The molecule has 0 radical (unpaired) electrons. The van der Waals surface area contributed by atoms with Gasteiger partial charge in [-0.25, -0.2) is 9.36 Å². The highest BCUT2D eigenvalue weighted by Crippen LogP contribution is 2.37. The van der Waals surface area contributed by atoms with Crippen molar-refractivity contribution in [1.29, 1.82) is 0 Å². The summed E-state index contributed by atoms with van der Waals surface area (Å²) in [7, 11) is 0. The van der Waals surface area contributed by atoms with Crippen molar-refractivity contribution in [2.75, 3.05) is 39.3 Å². The number of aromatic nitrogens is 3. The van der Waals surface area contributed by atoms with E-state index in [0.717, 1.165) is 28.4 Å². The highest BCUT2D eigenvalue weighted by atomic mass is 32.1. The van der Waals surface area contributed by atoms with Gasteiger partial charge in [-0.05, 0) is 48.6 Å². The number of benzene rings is 1. The van der Waals surface area contributed by atoms with E-state index in [0.29, 0.717) is 49.5 Å². The molecule has 6 rings (SSSR count). The molecule has 234 valence electrons. The molecule has 0 spiro atoms. The van der Waals surface area contributed by atoms with E-state index >= 15 is 0 Å². The summed E-state index contributed by atoms with van der Waals surface area (Å²) >= 11 is 1.15. The first-order valence-corrected chi connectivity index (χ1v) is 15.6. The van der Waals surface area contributed by atoms with E-state index in [1.54, 1.807) is 27.2 Å². The molecule has 0 saturated heterocycles. The highest BCUT2D eigenvalue weighted by molar-refractivity contribution is 7.03. The topological polar surface area (TPSA) is 152 Å². The van der Waals surface area contributed by atoms with E-state index in [-0.39, 0.29) is 55.6 Å². The summed E-state index contributed by atoms with van der Waals surface area (Å²) in [6.07, 6.45) is 5.62. The Labute approximate surface area is 263 Å². The molecule has 3 aromatic heterocycles. The van der Waals surface area contributed by atoms with Crippen LogP contribution in [-0.4, -0.2) is 86.7 Å². The third kappa shape index (κ3) is 6.60. The molecule has 2 N–H and O–H groups in total. The Hall–Kier alpha value is -4.98. The fourth-order valence-corrected chi connectivity index (χ4v) is 6.13. The molecule has 6 bridgehead atoms. The van der Waals surface area contributed by atoms with Gasteiger partial charge < -0.3 is 34.2 Å². The van der Waals surface area contributed by atoms with Crippen LogP contribution in [0.25, 0.3) is 0 Å². The van der Waals surface area contributed by atoms with Crippen molar-refractivity contribution in [1.82, 2.24) is 34.4 Å². The van der Waals surface area contributed by atoms with Crippen LogP contribution in [0.5, 0.6) is 5.75 Å². The van der Waals surface area contributed by atoms with E-state index in [9.17, 15) is 19.2 Å². The van der Waals surface area contributed by atoms with Crippen LogP contribution in [0.3, 0.4) is 0 Å². The van der Waals surface area contributed by atoms with E-state index < -0.39 is 6.04 Å². The zero-order valence-electron chi connectivity index (χ0n) is 24.7. The fraction of sp³-hybridized carbons (Fsp3) is 0.355. The predicted octanol–water partition coefficient (Wildman–Crippen LogP) is 2.19. The molecule has 13 nitrogen and oxygen atoms in total. The van der Waals surface area contributed by atoms with Crippen molar-refractivity contribution in [3.05, 3.63) is 88.3 Å². The molecule has 4 amide bonds. The quantitative estimate of drug-likeness (QED) is 0.342. The molecule has 2 aliphatic heterocycles. The summed E-state index contributed by atoms with van der Waals surface area (Å²) in [5.41, 5.74) is 3.49. The molecule has 1 unspecified atom stereocenters. The number of hydrogen-bond acceptors (Lipinski definition) is 9. The van der Waals surface area contributed by atoms with Crippen LogP contribution in [0.15, 0.2) is 58.9 Å². The number of nitrogens with zero attached hydrogens (tertiary/aromatic N) is 5. The van der Waals surface area contributed by atoms with E-state index in [4.69, 9.17) is 14.1 Å². The number of ether oxygens (including phenoxy) is 1. The van der Waals surface area contributed by atoms with Gasteiger partial charge in [0.25, 0.3) is 11.8 Å². The average molecular weight is 632 g/mol. The van der Waals surface area contributed by atoms with Gasteiger partial charge in [-0.2, -0.15) is 0 Å². The lowest BCUT2D eigenvalue weighted by Crippen LogP contribution is -2.45. The average Bonchev–Trinajstić information content (AvgIpc) is 3.81. The van der Waals surface area contributed by atoms with Gasteiger partial charge in [0.15, 0.2) is 5.76 Å². The Bertz CT molecular complexity index is 1700. The first-order valence-electron chi connectivity index (χ1n) is 14.7. The number of hydrogen-bond donors (Lipinski definition) is 2. The zero-order chi connectivity index (χ0) is 31.3. The predicted molar refractivity (Wildman–Crippen MR) is 163 cm³/mol. The van der Waals surface area contributed by atoms with Gasteiger partial charge in [0.1, 0.15) is 18.3 Å². The standard InChI is InChI=1S/C31H33N7O6S/c1-20-7-13-44-29(20)31(42)38-10-6-24-27-28(38)21-4-2-5-23(14-21)43-12-3-8-32-25(39)16-36(30(41)22-15-35-45-18-22)11-9-33-26(40)17-37(24)19-34-27/h2,4-5,7,13-15,18-19,28H,3,6,8-12,16-17H2,1H3,(H,32,39)(H,33,40). The lowest BCUT2D eigenvalue weighted by Gasteiger charge is -2.35. The van der Waals surface area contributed by atoms with Gasteiger partial charge in [-0.3, -0.25) is 19.2 Å². The Balaban J connectivity index is 1.29. The number of aryl methyl sites for hydroxylation is 1. The molecule has 45 heavy (non-hydrogen) atoms. The second-order valence-electron chi connectivity index (χ2n) is 10.9. The largest absolute Gasteiger partial charge is 0.494 e. The molecule has 0 fully saturated rings. The fourth-order valence-electron chi connectivity index (χ4n) is 5.62. The molecule has 1 atom stereocenters. The van der Waals surface area contributed by atoms with Crippen LogP contribution in [0.1, 0.15) is 55.9 Å². The van der Waals surface area contributed by atoms with E-state index in [2.05, 4.69) is 15.0 Å². The third-order valence-electron chi connectivity index (χ3n) is 7.86. The second-order valence-corrected chi connectivity index (χ2v) is 11.6. The van der Waals surface area contributed by atoms with Gasteiger partial charge >= 0.3 is 0 Å². The summed E-state index contributed by atoms with van der Waals surface area (Å²) in [4.78, 5) is 60.5. The van der Waals surface area contributed by atoms with E-state index in [1.165, 1.54) is 17.4 Å². The van der Waals surface area contributed by atoms with Crippen LogP contribution in [0.4, 0.5) is 0 Å². The van der Waals surface area contributed by atoms with Crippen molar-refractivity contribution in [2.24, 2.45) is 0 Å². The van der Waals surface area contributed by atoms with Crippen molar-refractivity contribution in [3.8, 4) is 5.75 Å². The number of carbonyl (C=O) groups is 4. The molecule has 14 heteroatoms. The molecule has 5 heterocycles. The normalized spacial score (nSPS) is 18.0. The summed E-state index contributed by atoms with van der Waals surface area (Å²) in [6, 6.07) is 8.75. The Kier molecular flexibility index (Phi) is 8.91. The summed E-state index contributed by atoms with van der Waals surface area (Å²) in [5, 5.41) is 7.33. The van der Waals surface area contributed by atoms with E-state index in [1.807, 2.05) is 31.2 Å². The monoisotopic (exact) mass is 631 g/mol. The number of furan rings is 1. The molecule has 0 saturated carbocycles. The lowest BCUT2D eigenvalue weighted by molar-refractivity contribution is -0.121. The van der Waals surface area contributed by atoms with Gasteiger partial charge in [-0.15, -0.1) is 0 Å². The van der Waals surface area contributed by atoms with Gasteiger partial charge in [0.2, 0.25) is 11.8 Å². The van der Waals surface area contributed by atoms with Crippen LogP contribution < -0.4 is 15.4 Å². The van der Waals surface area contributed by atoms with Crippen LogP contribution >= 0.6 is 11.5 Å². The molecular weight excluding hydrogens is 598 g/mol. The minimum Gasteiger partial charge on any atom is -0.494 e. The maximum absolute atomic E-state index is 13.8. The summed E-state index contributed by atoms with van der Waals surface area (Å²) < 4.78 is 17.4. The number of rotatable bonds is 2. The maximum Gasteiger partial charge on any atom is 0.290 e. The zero-order valence-corrected chi connectivity index (χ0v) is 25.5. The number of carbonyl (C=O) groups excluding carboxylic acids is 4. The Morgan fingerprint density at radius 3 is 2.69 bits per heavy atom. The maximum atomic E-state index is 13.8. The first kappa shape index (κ1) is 30.1. The van der Waals surface area contributed by atoms with Crippen LogP contribution in [0.2, 0.25) is 0 Å². The van der Waals surface area contributed by atoms with Crippen LogP contribution in [-0.2, 0) is 22.6 Å². The third-order valence-corrected chi connectivity index (χ3v) is 8.45. The van der Waals surface area contributed by atoms with Crippen molar-refractivity contribution in [2.45, 2.75) is 32.4 Å². The SMILES string of the molecule is Cc1ccoc1C(=O)N1CCc2c3ncn2CC(=O)NCCN(C(=O)c2cnsc2)CC(=O)NCCCOc2cccc(c2)C31. The van der Waals surface area contributed by atoms with Gasteiger partial charge in [-0.1, -0.05) is 12.1 Å². The number of amides is 4. The number of imidazole rings is 1. The number of fused-ring (bicyclic) bond motifs is 3. The summed E-state index contributed by atoms with van der Waals surface area (Å²) in [5.74, 6) is -0.268. The van der Waals surface area contributed by atoms with Crippen molar-refractivity contribution in [3.63, 3.8) is 0 Å². The van der Waals surface area contributed by atoms with Gasteiger partial charge in [0, 0.05) is 49.2 Å². The van der Waals surface area contributed by atoms with Crippen LogP contribution in [0, 0.1) is 6.92 Å². The molecular formula is C31H33N7O6S. The van der Waals surface area contributed by atoms with Crippen molar-refractivity contribution >= 4 is 35.2 Å².